The lowest BCUT2D eigenvalue weighted by atomic mass is 10.0. The Balaban J connectivity index is 1.95. The highest BCUT2D eigenvalue weighted by atomic mass is 16.5. The highest BCUT2D eigenvalue weighted by Crippen LogP contribution is 2.32. The molecule has 1 heterocycles. The van der Waals surface area contributed by atoms with Crippen molar-refractivity contribution in [3.8, 4) is 22.6 Å². The van der Waals surface area contributed by atoms with Crippen molar-refractivity contribution in [3.05, 3.63) is 75.7 Å². The largest absolute Gasteiger partial charge is 0.494 e. The second-order valence-corrected chi connectivity index (χ2v) is 6.17. The number of rotatable bonds is 5. The van der Waals surface area contributed by atoms with Crippen LogP contribution in [0.5, 0.6) is 11.5 Å². The maximum absolute atomic E-state index is 12.6. The molecule has 0 radical (unpaired) electrons. The molecule has 2 aromatic carbocycles. The molecule has 5 nitrogen and oxygen atoms in total. The molecule has 0 N–H and O–H groups in total. The fraction of sp³-hybridized carbons (Fsp3) is 0.238. The Hall–Kier alpha value is -3.08. The molecule has 0 bridgehead atoms. The number of aromatic nitrogens is 2. The summed E-state index contributed by atoms with van der Waals surface area (Å²) in [5.41, 5.74) is 3.88. The molecule has 0 aliphatic carbocycles. The average Bonchev–Trinajstić information content (AvgIpc) is 2.64. The Morgan fingerprint density at radius 2 is 1.81 bits per heavy atom. The first-order valence-corrected chi connectivity index (χ1v) is 8.41. The van der Waals surface area contributed by atoms with Gasteiger partial charge in [-0.25, -0.2) is 4.68 Å². The third-order valence-electron chi connectivity index (χ3n) is 4.28. The minimum atomic E-state index is -0.187. The summed E-state index contributed by atoms with van der Waals surface area (Å²) in [4.78, 5) is 12.6. The maximum Gasteiger partial charge on any atom is 0.278 e. The molecule has 1 aromatic heterocycles. The standard InChI is InChI=1S/C21H22N2O3/c1-14-12-17(26-13-16-8-6-5-7-9-16)10-11-18(14)19-20(25-4)15(2)22-23(3)21(19)24/h5-12H,13H2,1-4H3. The lowest BCUT2D eigenvalue weighted by molar-refractivity contribution is 0.306. The van der Waals surface area contributed by atoms with Gasteiger partial charge in [0.15, 0.2) is 5.75 Å². The first-order valence-electron chi connectivity index (χ1n) is 8.41. The van der Waals surface area contributed by atoms with E-state index in [1.807, 2.05) is 62.4 Å². The Kier molecular flexibility index (Phi) is 5.07. The van der Waals surface area contributed by atoms with Crippen LogP contribution < -0.4 is 15.0 Å². The molecule has 5 heteroatoms. The minimum Gasteiger partial charge on any atom is -0.494 e. The number of hydrogen-bond donors (Lipinski definition) is 0. The van der Waals surface area contributed by atoms with E-state index in [0.717, 1.165) is 22.4 Å². The minimum absolute atomic E-state index is 0.187. The van der Waals surface area contributed by atoms with Crippen molar-refractivity contribution < 1.29 is 9.47 Å². The van der Waals surface area contributed by atoms with Crippen LogP contribution in [0.25, 0.3) is 11.1 Å². The van der Waals surface area contributed by atoms with Crippen LogP contribution >= 0.6 is 0 Å². The van der Waals surface area contributed by atoms with Crippen LogP contribution in [0.1, 0.15) is 16.8 Å². The number of hydrogen-bond acceptors (Lipinski definition) is 4. The van der Waals surface area contributed by atoms with Gasteiger partial charge in [-0.15, -0.1) is 0 Å². The lowest BCUT2D eigenvalue weighted by Crippen LogP contribution is -2.23. The van der Waals surface area contributed by atoms with E-state index in [4.69, 9.17) is 9.47 Å². The van der Waals surface area contributed by atoms with Crippen LogP contribution in [0.2, 0.25) is 0 Å². The average molecular weight is 350 g/mol. The molecule has 0 aliphatic rings. The molecule has 26 heavy (non-hydrogen) atoms. The van der Waals surface area contributed by atoms with Gasteiger partial charge in [0.05, 0.1) is 12.7 Å². The van der Waals surface area contributed by atoms with Crippen molar-refractivity contribution in [1.82, 2.24) is 9.78 Å². The third kappa shape index (κ3) is 3.47. The van der Waals surface area contributed by atoms with Gasteiger partial charge in [-0.1, -0.05) is 36.4 Å². The van der Waals surface area contributed by atoms with Gasteiger partial charge in [0.1, 0.15) is 18.1 Å². The van der Waals surface area contributed by atoms with Gasteiger partial charge in [0, 0.05) is 7.05 Å². The molecular weight excluding hydrogens is 328 g/mol. The second-order valence-electron chi connectivity index (χ2n) is 6.17. The Labute approximate surface area is 152 Å². The number of benzene rings is 2. The topological polar surface area (TPSA) is 53.4 Å². The molecule has 0 unspecified atom stereocenters. The first kappa shape index (κ1) is 17.7. The van der Waals surface area contributed by atoms with Crippen molar-refractivity contribution in [2.75, 3.05) is 7.11 Å². The van der Waals surface area contributed by atoms with Crippen LogP contribution in [-0.2, 0) is 13.7 Å². The molecular formula is C21H22N2O3. The lowest BCUT2D eigenvalue weighted by Gasteiger charge is -2.15. The van der Waals surface area contributed by atoms with Gasteiger partial charge >= 0.3 is 0 Å². The van der Waals surface area contributed by atoms with E-state index in [9.17, 15) is 4.79 Å². The number of nitrogens with zero attached hydrogens (tertiary/aromatic N) is 2. The smallest absolute Gasteiger partial charge is 0.278 e. The molecule has 134 valence electrons. The Morgan fingerprint density at radius 1 is 1.08 bits per heavy atom. The maximum atomic E-state index is 12.6. The zero-order valence-corrected chi connectivity index (χ0v) is 15.4. The van der Waals surface area contributed by atoms with Crippen molar-refractivity contribution in [1.29, 1.82) is 0 Å². The highest BCUT2D eigenvalue weighted by Gasteiger charge is 2.18. The van der Waals surface area contributed by atoms with Gasteiger partial charge in [-0.2, -0.15) is 5.10 Å². The molecule has 0 atom stereocenters. The van der Waals surface area contributed by atoms with Crippen molar-refractivity contribution in [2.24, 2.45) is 7.05 Å². The molecule has 0 saturated heterocycles. The molecule has 0 spiro atoms. The van der Waals surface area contributed by atoms with E-state index in [-0.39, 0.29) is 5.56 Å². The van der Waals surface area contributed by atoms with Crippen molar-refractivity contribution >= 4 is 0 Å². The van der Waals surface area contributed by atoms with Gasteiger partial charge in [0.2, 0.25) is 0 Å². The van der Waals surface area contributed by atoms with Crippen LogP contribution in [0, 0.1) is 13.8 Å². The zero-order valence-electron chi connectivity index (χ0n) is 15.4. The summed E-state index contributed by atoms with van der Waals surface area (Å²) in [6.07, 6.45) is 0. The fourth-order valence-electron chi connectivity index (χ4n) is 2.99. The fourth-order valence-corrected chi connectivity index (χ4v) is 2.99. The summed E-state index contributed by atoms with van der Waals surface area (Å²) in [5, 5.41) is 4.19. The summed E-state index contributed by atoms with van der Waals surface area (Å²) in [7, 11) is 3.20. The predicted molar refractivity (Wildman–Crippen MR) is 102 cm³/mol. The van der Waals surface area contributed by atoms with Crippen LogP contribution in [-0.4, -0.2) is 16.9 Å². The quantitative estimate of drug-likeness (QED) is 0.705. The second kappa shape index (κ2) is 7.44. The zero-order chi connectivity index (χ0) is 18.7. The number of aryl methyl sites for hydroxylation is 3. The van der Waals surface area contributed by atoms with Crippen molar-refractivity contribution in [2.45, 2.75) is 20.5 Å². The molecule has 3 rings (SSSR count). The number of ether oxygens (including phenoxy) is 2. The summed E-state index contributed by atoms with van der Waals surface area (Å²) in [6.45, 7) is 4.28. The Bertz CT molecular complexity index is 979. The van der Waals surface area contributed by atoms with Gasteiger partial charge in [-0.05, 0) is 42.7 Å². The van der Waals surface area contributed by atoms with E-state index in [2.05, 4.69) is 5.10 Å². The van der Waals surface area contributed by atoms with E-state index in [1.165, 1.54) is 4.68 Å². The van der Waals surface area contributed by atoms with E-state index in [1.54, 1.807) is 14.2 Å². The molecule has 3 aromatic rings. The summed E-state index contributed by atoms with van der Waals surface area (Å²) < 4.78 is 12.7. The number of methoxy groups -OCH3 is 1. The predicted octanol–water partition coefficient (Wildman–Crippen LogP) is 3.65. The third-order valence-corrected chi connectivity index (χ3v) is 4.28. The molecule has 0 saturated carbocycles. The summed E-state index contributed by atoms with van der Waals surface area (Å²) in [6, 6.07) is 15.7. The van der Waals surface area contributed by atoms with E-state index in [0.29, 0.717) is 23.6 Å². The van der Waals surface area contributed by atoms with Crippen LogP contribution in [0.4, 0.5) is 0 Å². The molecule has 0 aliphatic heterocycles. The Morgan fingerprint density at radius 3 is 2.46 bits per heavy atom. The first-order chi connectivity index (χ1) is 12.5. The van der Waals surface area contributed by atoms with E-state index < -0.39 is 0 Å². The van der Waals surface area contributed by atoms with Crippen molar-refractivity contribution in [3.63, 3.8) is 0 Å². The molecule has 0 fully saturated rings. The van der Waals surface area contributed by atoms with Gasteiger partial charge < -0.3 is 9.47 Å². The highest BCUT2D eigenvalue weighted by molar-refractivity contribution is 5.73. The SMILES string of the molecule is COc1c(C)nn(C)c(=O)c1-c1ccc(OCc2ccccc2)cc1C. The van der Waals surface area contributed by atoms with Crippen LogP contribution in [0.3, 0.4) is 0 Å². The monoisotopic (exact) mass is 350 g/mol. The van der Waals surface area contributed by atoms with Gasteiger partial charge in [0.25, 0.3) is 5.56 Å². The normalized spacial score (nSPS) is 10.6. The van der Waals surface area contributed by atoms with Gasteiger partial charge in [-0.3, -0.25) is 4.79 Å². The molecule has 0 amide bonds. The van der Waals surface area contributed by atoms with Crippen LogP contribution in [0.15, 0.2) is 53.3 Å². The van der Waals surface area contributed by atoms with E-state index >= 15 is 0 Å². The summed E-state index contributed by atoms with van der Waals surface area (Å²) in [5.74, 6) is 1.27. The summed E-state index contributed by atoms with van der Waals surface area (Å²) >= 11 is 0.